The van der Waals surface area contributed by atoms with Gasteiger partial charge in [0.15, 0.2) is 5.16 Å². The molecule has 0 aliphatic heterocycles. The summed E-state index contributed by atoms with van der Waals surface area (Å²) in [4.78, 5) is 11.7. The summed E-state index contributed by atoms with van der Waals surface area (Å²) in [7, 11) is 0. The van der Waals surface area contributed by atoms with E-state index in [2.05, 4.69) is 25.1 Å². The smallest absolute Gasteiger partial charge is 0.189 e. The first kappa shape index (κ1) is 7.99. The monoisotopic (exact) mass is 194 g/mol. The number of aromatic amines is 1. The van der Waals surface area contributed by atoms with E-state index < -0.39 is 0 Å². The number of aromatic nitrogens is 5. The Morgan fingerprint density at radius 3 is 2.85 bits per heavy atom. The van der Waals surface area contributed by atoms with Crippen molar-refractivity contribution in [3.8, 4) is 0 Å². The normalized spacial score (nSPS) is 10.2. The van der Waals surface area contributed by atoms with Gasteiger partial charge in [-0.3, -0.25) is 5.10 Å². The lowest BCUT2D eigenvalue weighted by Gasteiger charge is -1.95. The second kappa shape index (κ2) is 3.40. The molecule has 0 spiro atoms. The van der Waals surface area contributed by atoms with E-state index in [4.69, 9.17) is 5.73 Å². The Balaban J connectivity index is 2.19. The van der Waals surface area contributed by atoms with E-state index in [1.54, 1.807) is 6.07 Å². The third-order valence-electron chi connectivity index (χ3n) is 1.26. The van der Waals surface area contributed by atoms with Gasteiger partial charge in [-0.2, -0.15) is 5.10 Å². The van der Waals surface area contributed by atoms with Gasteiger partial charge >= 0.3 is 0 Å². The van der Waals surface area contributed by atoms with Crippen molar-refractivity contribution < 1.29 is 0 Å². The highest BCUT2D eigenvalue weighted by Crippen LogP contribution is 2.21. The summed E-state index contributed by atoms with van der Waals surface area (Å²) < 4.78 is 0. The molecule has 7 heteroatoms. The minimum Gasteiger partial charge on any atom is -0.384 e. The third-order valence-corrected chi connectivity index (χ3v) is 2.08. The van der Waals surface area contributed by atoms with Crippen molar-refractivity contribution >= 4 is 17.6 Å². The van der Waals surface area contributed by atoms with Gasteiger partial charge in [-0.05, 0) is 11.8 Å². The van der Waals surface area contributed by atoms with E-state index in [0.29, 0.717) is 11.0 Å². The maximum absolute atomic E-state index is 5.48. The van der Waals surface area contributed by atoms with Crippen molar-refractivity contribution in [1.82, 2.24) is 25.1 Å². The van der Waals surface area contributed by atoms with Gasteiger partial charge in [-0.25, -0.2) is 15.0 Å². The largest absolute Gasteiger partial charge is 0.384 e. The van der Waals surface area contributed by atoms with E-state index in [-0.39, 0.29) is 0 Å². The van der Waals surface area contributed by atoms with Gasteiger partial charge in [-0.15, -0.1) is 0 Å². The molecule has 2 rings (SSSR count). The summed E-state index contributed by atoms with van der Waals surface area (Å²) >= 11 is 1.35. The highest BCUT2D eigenvalue weighted by molar-refractivity contribution is 7.99. The first-order chi connectivity index (χ1) is 6.34. The van der Waals surface area contributed by atoms with Crippen molar-refractivity contribution in [3.05, 3.63) is 18.7 Å². The Morgan fingerprint density at radius 1 is 1.23 bits per heavy atom. The third kappa shape index (κ3) is 1.94. The van der Waals surface area contributed by atoms with Crippen molar-refractivity contribution in [2.24, 2.45) is 0 Å². The Kier molecular flexibility index (Phi) is 2.09. The quantitative estimate of drug-likeness (QED) is 0.669. The van der Waals surface area contributed by atoms with Gasteiger partial charge in [0.25, 0.3) is 0 Å². The van der Waals surface area contributed by atoms with E-state index in [1.807, 2.05) is 0 Å². The van der Waals surface area contributed by atoms with E-state index in [0.717, 1.165) is 5.03 Å². The number of anilines is 1. The van der Waals surface area contributed by atoms with E-state index in [9.17, 15) is 0 Å². The maximum Gasteiger partial charge on any atom is 0.189 e. The molecule has 0 aliphatic rings. The van der Waals surface area contributed by atoms with Crippen LogP contribution in [-0.2, 0) is 0 Å². The SMILES string of the molecule is Nc1cc(Sc2ncn[nH]2)ncn1. The zero-order valence-corrected chi connectivity index (χ0v) is 7.32. The topological polar surface area (TPSA) is 93.4 Å². The average Bonchev–Trinajstić information content (AvgIpc) is 2.57. The molecule has 2 heterocycles. The van der Waals surface area contributed by atoms with Crippen molar-refractivity contribution in [2.45, 2.75) is 10.2 Å². The van der Waals surface area contributed by atoms with Gasteiger partial charge < -0.3 is 5.73 Å². The van der Waals surface area contributed by atoms with Gasteiger partial charge in [0.2, 0.25) is 0 Å². The molecule has 66 valence electrons. The van der Waals surface area contributed by atoms with Crippen LogP contribution in [0.3, 0.4) is 0 Å². The number of H-pyrrole nitrogens is 1. The molecule has 0 bridgehead atoms. The number of nitrogen functional groups attached to an aromatic ring is 1. The van der Waals surface area contributed by atoms with Crippen LogP contribution in [0.1, 0.15) is 0 Å². The predicted molar refractivity (Wildman–Crippen MR) is 47.0 cm³/mol. The standard InChI is InChI=1S/C6H6N6S/c7-4-1-5(9-2-8-4)13-6-10-3-11-12-6/h1-3H,(H2,7,8,9)(H,10,11,12). The number of rotatable bonds is 2. The predicted octanol–water partition coefficient (Wildman–Crippen LogP) is 0.328. The fourth-order valence-corrected chi connectivity index (χ4v) is 1.43. The fraction of sp³-hybridized carbons (Fsp3) is 0. The average molecular weight is 194 g/mol. The minimum absolute atomic E-state index is 0.442. The van der Waals surface area contributed by atoms with Crippen LogP contribution in [0.2, 0.25) is 0 Å². The van der Waals surface area contributed by atoms with Crippen LogP contribution in [0.4, 0.5) is 5.82 Å². The lowest BCUT2D eigenvalue weighted by molar-refractivity contribution is 0.963. The number of nitrogens with zero attached hydrogens (tertiary/aromatic N) is 4. The van der Waals surface area contributed by atoms with Crippen LogP contribution in [0.15, 0.2) is 28.9 Å². The van der Waals surface area contributed by atoms with Crippen molar-refractivity contribution in [1.29, 1.82) is 0 Å². The second-order valence-corrected chi connectivity index (χ2v) is 3.18. The Hall–Kier alpha value is -1.63. The van der Waals surface area contributed by atoms with Gasteiger partial charge in [0.05, 0.1) is 0 Å². The molecule has 0 atom stereocenters. The van der Waals surface area contributed by atoms with Crippen LogP contribution < -0.4 is 5.73 Å². The lowest BCUT2D eigenvalue weighted by atomic mass is 10.6. The van der Waals surface area contributed by atoms with Crippen molar-refractivity contribution in [3.63, 3.8) is 0 Å². The molecular formula is C6H6N6S. The van der Waals surface area contributed by atoms with Crippen LogP contribution in [0, 0.1) is 0 Å². The molecule has 0 fully saturated rings. The summed E-state index contributed by atoms with van der Waals surface area (Å²) in [5.41, 5.74) is 5.48. The number of nitrogens with one attached hydrogen (secondary N) is 1. The van der Waals surface area contributed by atoms with Crippen LogP contribution >= 0.6 is 11.8 Å². The van der Waals surface area contributed by atoms with Crippen molar-refractivity contribution in [2.75, 3.05) is 5.73 Å². The Morgan fingerprint density at radius 2 is 2.15 bits per heavy atom. The molecule has 0 aliphatic carbocycles. The molecule has 0 radical (unpaired) electrons. The summed E-state index contributed by atoms with van der Waals surface area (Å²) in [5.74, 6) is 0.442. The summed E-state index contributed by atoms with van der Waals surface area (Å²) in [5, 5.41) is 7.83. The zero-order chi connectivity index (χ0) is 9.10. The maximum atomic E-state index is 5.48. The number of hydrogen-bond donors (Lipinski definition) is 2. The molecular weight excluding hydrogens is 188 g/mol. The highest BCUT2D eigenvalue weighted by Gasteiger charge is 2.01. The Labute approximate surface area is 78.0 Å². The second-order valence-electron chi connectivity index (χ2n) is 2.17. The molecule has 6 nitrogen and oxygen atoms in total. The van der Waals surface area contributed by atoms with E-state index in [1.165, 1.54) is 24.4 Å². The fourth-order valence-electron chi connectivity index (χ4n) is 0.752. The minimum atomic E-state index is 0.442. The molecule has 2 aromatic heterocycles. The zero-order valence-electron chi connectivity index (χ0n) is 6.51. The molecule has 0 saturated heterocycles. The molecule has 0 saturated carbocycles. The summed E-state index contributed by atoms with van der Waals surface area (Å²) in [6.07, 6.45) is 2.85. The van der Waals surface area contributed by atoms with Gasteiger partial charge in [-0.1, -0.05) is 0 Å². The lowest BCUT2D eigenvalue weighted by Crippen LogP contribution is -1.91. The number of nitrogens with two attached hydrogens (primary N) is 1. The van der Waals surface area contributed by atoms with Crippen LogP contribution in [-0.4, -0.2) is 25.1 Å². The van der Waals surface area contributed by atoms with Crippen LogP contribution in [0.25, 0.3) is 0 Å². The molecule has 2 aromatic rings. The molecule has 13 heavy (non-hydrogen) atoms. The Bertz CT molecular complexity index is 386. The first-order valence-electron chi connectivity index (χ1n) is 3.45. The van der Waals surface area contributed by atoms with Crippen LogP contribution in [0.5, 0.6) is 0 Å². The van der Waals surface area contributed by atoms with E-state index >= 15 is 0 Å². The molecule has 0 amide bonds. The molecule has 0 aromatic carbocycles. The summed E-state index contributed by atoms with van der Waals surface area (Å²) in [6.45, 7) is 0. The molecule has 0 unspecified atom stereocenters. The van der Waals surface area contributed by atoms with Gasteiger partial charge in [0, 0.05) is 6.07 Å². The highest BCUT2D eigenvalue weighted by atomic mass is 32.2. The first-order valence-corrected chi connectivity index (χ1v) is 4.27. The van der Waals surface area contributed by atoms with Gasteiger partial charge in [0.1, 0.15) is 23.5 Å². The number of hydrogen-bond acceptors (Lipinski definition) is 6. The summed E-state index contributed by atoms with van der Waals surface area (Å²) in [6, 6.07) is 1.67. The molecule has 3 N–H and O–H groups in total.